The highest BCUT2D eigenvalue weighted by Crippen LogP contribution is 2.20. The second-order valence-electron chi connectivity index (χ2n) is 5.27. The van der Waals surface area contributed by atoms with Crippen LogP contribution in [0.25, 0.3) is 10.1 Å². The zero-order valence-corrected chi connectivity index (χ0v) is 12.8. The topological polar surface area (TPSA) is 51.5 Å². The molecule has 5 nitrogen and oxygen atoms in total. The van der Waals surface area contributed by atoms with Crippen molar-refractivity contribution in [3.8, 4) is 0 Å². The third kappa shape index (κ3) is 2.73. The normalized spacial score (nSPS) is 18.5. The number of fused-ring (bicyclic) bond motifs is 1. The molecule has 0 unspecified atom stereocenters. The lowest BCUT2D eigenvalue weighted by Gasteiger charge is -2.23. The fourth-order valence-electron chi connectivity index (χ4n) is 2.86. The molecular weight excluding hydrogens is 288 g/mol. The van der Waals surface area contributed by atoms with Gasteiger partial charge in [-0.3, -0.25) is 13.5 Å². The summed E-state index contributed by atoms with van der Waals surface area (Å²) >= 11 is 1.35. The summed E-state index contributed by atoms with van der Waals surface area (Å²) in [6, 6.07) is 7.61. The van der Waals surface area contributed by atoms with Crippen molar-refractivity contribution in [2.45, 2.75) is 25.4 Å². The highest BCUT2D eigenvalue weighted by atomic mass is 32.1. The average molecular weight is 306 g/mol. The number of likely N-dealkylation sites (tertiary alicyclic amines) is 1. The Bertz CT molecular complexity index is 706. The summed E-state index contributed by atoms with van der Waals surface area (Å²) in [6.45, 7) is 1.44. The van der Waals surface area contributed by atoms with E-state index in [2.05, 4.69) is 0 Å². The monoisotopic (exact) mass is 306 g/mol. The predicted molar refractivity (Wildman–Crippen MR) is 82.7 cm³/mol. The molecule has 21 heavy (non-hydrogen) atoms. The first-order chi connectivity index (χ1) is 10.2. The van der Waals surface area contributed by atoms with Crippen LogP contribution >= 0.6 is 11.5 Å². The molecule has 0 saturated carbocycles. The lowest BCUT2D eigenvalue weighted by atomic mass is 10.2. The maximum absolute atomic E-state index is 12.4. The molecule has 0 radical (unpaired) electrons. The summed E-state index contributed by atoms with van der Waals surface area (Å²) < 4.78 is 7.64. The molecule has 1 saturated heterocycles. The van der Waals surface area contributed by atoms with Gasteiger partial charge in [0.2, 0.25) is 5.91 Å². The highest BCUT2D eigenvalue weighted by Gasteiger charge is 2.29. The molecule has 1 aromatic heterocycles. The van der Waals surface area contributed by atoms with E-state index in [1.807, 2.05) is 23.1 Å². The average Bonchev–Trinajstić information content (AvgIpc) is 3.06. The largest absolute Gasteiger partial charge is 0.383 e. The third-order valence-corrected chi connectivity index (χ3v) is 4.96. The minimum atomic E-state index is -0.0774. The number of aromatic nitrogens is 1. The minimum absolute atomic E-state index is 0.00297. The Balaban J connectivity index is 1.80. The lowest BCUT2D eigenvalue weighted by molar-refractivity contribution is -0.133. The summed E-state index contributed by atoms with van der Waals surface area (Å²) in [5.41, 5.74) is -0.0774. The number of carbonyl (C=O) groups is 1. The molecule has 1 aliphatic heterocycles. The van der Waals surface area contributed by atoms with Crippen LogP contribution in [0.1, 0.15) is 12.8 Å². The predicted octanol–water partition coefficient (Wildman–Crippen LogP) is 1.70. The first-order valence-corrected chi connectivity index (χ1v) is 7.85. The van der Waals surface area contributed by atoms with Crippen LogP contribution in [0.4, 0.5) is 0 Å². The number of hydrogen-bond donors (Lipinski definition) is 0. The number of amides is 1. The van der Waals surface area contributed by atoms with Gasteiger partial charge in [-0.25, -0.2) is 0 Å². The molecule has 112 valence electrons. The van der Waals surface area contributed by atoms with E-state index in [4.69, 9.17) is 4.74 Å². The Hall–Kier alpha value is -1.66. The number of hydrogen-bond acceptors (Lipinski definition) is 4. The Kier molecular flexibility index (Phi) is 4.07. The number of nitrogens with zero attached hydrogens (tertiary/aromatic N) is 2. The second-order valence-corrected chi connectivity index (χ2v) is 6.33. The van der Waals surface area contributed by atoms with Crippen molar-refractivity contribution < 1.29 is 9.53 Å². The molecule has 0 N–H and O–H groups in total. The molecule has 1 fully saturated rings. The minimum Gasteiger partial charge on any atom is -0.383 e. The van der Waals surface area contributed by atoms with E-state index >= 15 is 0 Å². The van der Waals surface area contributed by atoms with E-state index in [1.165, 1.54) is 11.5 Å². The van der Waals surface area contributed by atoms with Crippen molar-refractivity contribution >= 4 is 27.5 Å². The van der Waals surface area contributed by atoms with Gasteiger partial charge in [0.1, 0.15) is 6.54 Å². The van der Waals surface area contributed by atoms with Crippen LogP contribution in [0.3, 0.4) is 0 Å². The SMILES string of the molecule is COC[C@@H]1CCCN1C(=O)Cn1sc2ccccc2c1=O. The van der Waals surface area contributed by atoms with Gasteiger partial charge < -0.3 is 9.64 Å². The van der Waals surface area contributed by atoms with Gasteiger partial charge in [0, 0.05) is 13.7 Å². The van der Waals surface area contributed by atoms with E-state index in [1.54, 1.807) is 17.1 Å². The Morgan fingerprint density at radius 1 is 1.43 bits per heavy atom. The van der Waals surface area contributed by atoms with Crippen molar-refractivity contribution in [3.05, 3.63) is 34.6 Å². The fourth-order valence-corrected chi connectivity index (χ4v) is 3.85. The van der Waals surface area contributed by atoms with E-state index in [0.717, 1.165) is 24.1 Å². The zero-order valence-electron chi connectivity index (χ0n) is 11.9. The van der Waals surface area contributed by atoms with E-state index in [9.17, 15) is 9.59 Å². The number of carbonyl (C=O) groups excluding carboxylic acids is 1. The molecule has 0 aliphatic carbocycles. The molecule has 3 rings (SSSR count). The second kappa shape index (κ2) is 5.99. The van der Waals surface area contributed by atoms with Gasteiger partial charge in [-0.2, -0.15) is 0 Å². The van der Waals surface area contributed by atoms with Gasteiger partial charge in [0.05, 0.1) is 22.7 Å². The molecule has 1 amide bonds. The standard InChI is InChI=1S/C15H18N2O3S/c1-20-10-11-5-4-8-16(11)14(18)9-17-15(19)12-6-2-3-7-13(12)21-17/h2-3,6-7,11H,4-5,8-10H2,1H3/t11-/m0/s1. The summed E-state index contributed by atoms with van der Waals surface area (Å²) in [7, 11) is 1.65. The smallest absolute Gasteiger partial charge is 0.268 e. The Morgan fingerprint density at radius 2 is 2.24 bits per heavy atom. The van der Waals surface area contributed by atoms with Gasteiger partial charge in [0.15, 0.2) is 0 Å². The van der Waals surface area contributed by atoms with Crippen LogP contribution in [0.5, 0.6) is 0 Å². The van der Waals surface area contributed by atoms with Crippen LogP contribution in [0.2, 0.25) is 0 Å². The highest BCUT2D eigenvalue weighted by molar-refractivity contribution is 7.13. The van der Waals surface area contributed by atoms with Crippen molar-refractivity contribution in [1.29, 1.82) is 0 Å². The number of benzene rings is 1. The summed E-state index contributed by atoms with van der Waals surface area (Å²) in [6.07, 6.45) is 1.97. The van der Waals surface area contributed by atoms with E-state index in [-0.39, 0.29) is 24.1 Å². The summed E-state index contributed by atoms with van der Waals surface area (Å²) in [5.74, 6) is 0.00297. The number of methoxy groups -OCH3 is 1. The van der Waals surface area contributed by atoms with Crippen molar-refractivity contribution in [2.75, 3.05) is 20.3 Å². The molecule has 0 bridgehead atoms. The molecule has 2 heterocycles. The molecule has 1 aromatic carbocycles. The van der Waals surface area contributed by atoms with Gasteiger partial charge in [0.25, 0.3) is 5.56 Å². The van der Waals surface area contributed by atoms with Crippen molar-refractivity contribution in [2.24, 2.45) is 0 Å². The Morgan fingerprint density at radius 3 is 3.00 bits per heavy atom. The van der Waals surface area contributed by atoms with Crippen LogP contribution in [0.15, 0.2) is 29.1 Å². The summed E-state index contributed by atoms with van der Waals surface area (Å²) in [5, 5.41) is 0.685. The first-order valence-electron chi connectivity index (χ1n) is 7.08. The number of ether oxygens (including phenoxy) is 1. The first kappa shape index (κ1) is 14.3. The van der Waals surface area contributed by atoms with Crippen molar-refractivity contribution in [3.63, 3.8) is 0 Å². The molecule has 1 atom stereocenters. The lowest BCUT2D eigenvalue weighted by Crippen LogP contribution is -2.40. The molecule has 0 spiro atoms. The number of rotatable bonds is 4. The molecular formula is C15H18N2O3S. The third-order valence-electron chi connectivity index (χ3n) is 3.89. The van der Waals surface area contributed by atoms with Gasteiger partial charge in [-0.05, 0) is 25.0 Å². The summed E-state index contributed by atoms with van der Waals surface area (Å²) in [4.78, 5) is 26.6. The van der Waals surface area contributed by atoms with E-state index < -0.39 is 0 Å². The van der Waals surface area contributed by atoms with Crippen LogP contribution in [-0.2, 0) is 16.1 Å². The molecule has 6 heteroatoms. The fraction of sp³-hybridized carbons (Fsp3) is 0.467. The van der Waals surface area contributed by atoms with Crippen LogP contribution in [0, 0.1) is 0 Å². The maximum atomic E-state index is 12.4. The Labute approximate surface area is 126 Å². The van der Waals surface area contributed by atoms with Gasteiger partial charge in [-0.1, -0.05) is 23.7 Å². The van der Waals surface area contributed by atoms with Crippen LogP contribution < -0.4 is 5.56 Å². The van der Waals surface area contributed by atoms with Gasteiger partial charge in [-0.15, -0.1) is 0 Å². The van der Waals surface area contributed by atoms with Crippen molar-refractivity contribution in [1.82, 2.24) is 8.86 Å². The molecule has 2 aromatic rings. The van der Waals surface area contributed by atoms with Crippen LogP contribution in [-0.4, -0.2) is 41.1 Å². The van der Waals surface area contributed by atoms with E-state index in [0.29, 0.717) is 12.0 Å². The van der Waals surface area contributed by atoms with Gasteiger partial charge >= 0.3 is 0 Å². The zero-order chi connectivity index (χ0) is 14.8. The maximum Gasteiger partial charge on any atom is 0.268 e. The quantitative estimate of drug-likeness (QED) is 0.864. The molecule has 1 aliphatic rings.